The topological polar surface area (TPSA) is 32.3 Å². The summed E-state index contributed by atoms with van der Waals surface area (Å²) in [5, 5.41) is 13.5. The second kappa shape index (κ2) is 6.80. The van der Waals surface area contributed by atoms with Crippen LogP contribution in [0.3, 0.4) is 0 Å². The maximum Gasteiger partial charge on any atom is 0.0499 e. The Labute approximate surface area is 136 Å². The molecule has 3 heteroatoms. The molecule has 0 aromatic heterocycles. The molecule has 0 spiro atoms. The Morgan fingerprint density at radius 1 is 1.10 bits per heavy atom. The van der Waals surface area contributed by atoms with Crippen LogP contribution in [0.2, 0.25) is 0 Å². The van der Waals surface area contributed by atoms with Gasteiger partial charge in [0.05, 0.1) is 0 Å². The van der Waals surface area contributed by atoms with Gasteiger partial charge in [-0.3, -0.25) is 0 Å². The summed E-state index contributed by atoms with van der Waals surface area (Å²) in [5.41, 5.74) is 1.63. The number of benzene rings is 1. The van der Waals surface area contributed by atoms with E-state index in [1.54, 1.807) is 0 Å². The standard InChI is InChI=1S/C18H26BrNO/c19-16-6-4-14(5-7-16)15-10-17(11-15)20-12-18(13-21)8-2-1-3-9-18/h4-7,15,17,20-21H,1-3,8-13H2. The fraction of sp³-hybridized carbons (Fsp3) is 0.667. The summed E-state index contributed by atoms with van der Waals surface area (Å²) in [4.78, 5) is 0. The van der Waals surface area contributed by atoms with Gasteiger partial charge in [-0.15, -0.1) is 0 Å². The van der Waals surface area contributed by atoms with E-state index in [4.69, 9.17) is 0 Å². The van der Waals surface area contributed by atoms with Crippen molar-refractivity contribution in [2.45, 2.75) is 56.9 Å². The van der Waals surface area contributed by atoms with E-state index in [9.17, 15) is 5.11 Å². The highest BCUT2D eigenvalue weighted by Crippen LogP contribution is 2.39. The van der Waals surface area contributed by atoms with E-state index in [0.717, 1.165) is 11.0 Å². The molecule has 2 aliphatic carbocycles. The zero-order valence-electron chi connectivity index (χ0n) is 12.7. The minimum Gasteiger partial charge on any atom is -0.396 e. The van der Waals surface area contributed by atoms with Crippen molar-refractivity contribution in [3.05, 3.63) is 34.3 Å². The lowest BCUT2D eigenvalue weighted by atomic mass is 9.72. The van der Waals surface area contributed by atoms with Gasteiger partial charge in [-0.2, -0.15) is 0 Å². The van der Waals surface area contributed by atoms with Gasteiger partial charge in [0.2, 0.25) is 0 Å². The molecule has 2 nitrogen and oxygen atoms in total. The molecule has 0 atom stereocenters. The third kappa shape index (κ3) is 3.69. The Bertz CT molecular complexity index is 447. The van der Waals surface area contributed by atoms with Gasteiger partial charge >= 0.3 is 0 Å². The van der Waals surface area contributed by atoms with E-state index in [1.807, 2.05) is 0 Å². The molecule has 2 aliphatic rings. The van der Waals surface area contributed by atoms with Crippen LogP contribution in [0, 0.1) is 5.41 Å². The van der Waals surface area contributed by atoms with E-state index in [2.05, 4.69) is 45.5 Å². The third-order valence-corrected chi connectivity index (χ3v) is 6.02. The number of aliphatic hydroxyl groups is 1. The maximum atomic E-state index is 9.76. The van der Waals surface area contributed by atoms with Crippen LogP contribution in [0.1, 0.15) is 56.4 Å². The second-order valence-corrected chi connectivity index (χ2v) is 7.93. The second-order valence-electron chi connectivity index (χ2n) is 7.02. The van der Waals surface area contributed by atoms with Gasteiger partial charge < -0.3 is 10.4 Å². The predicted molar refractivity (Wildman–Crippen MR) is 90.5 cm³/mol. The van der Waals surface area contributed by atoms with Crippen LogP contribution < -0.4 is 5.32 Å². The summed E-state index contributed by atoms with van der Waals surface area (Å²) in [7, 11) is 0. The first-order chi connectivity index (χ1) is 10.2. The number of hydrogen-bond donors (Lipinski definition) is 2. The maximum absolute atomic E-state index is 9.76. The van der Waals surface area contributed by atoms with E-state index in [1.165, 1.54) is 50.5 Å². The van der Waals surface area contributed by atoms with Crippen molar-refractivity contribution < 1.29 is 5.11 Å². The summed E-state index contributed by atoms with van der Waals surface area (Å²) in [6.45, 7) is 1.35. The van der Waals surface area contributed by atoms with E-state index in [0.29, 0.717) is 18.6 Å². The zero-order valence-corrected chi connectivity index (χ0v) is 14.2. The number of rotatable bonds is 5. The number of nitrogens with one attached hydrogen (secondary N) is 1. The summed E-state index contributed by atoms with van der Waals surface area (Å²) in [6, 6.07) is 9.39. The summed E-state index contributed by atoms with van der Waals surface area (Å²) in [6.07, 6.45) is 8.78. The van der Waals surface area contributed by atoms with Crippen LogP contribution in [0.4, 0.5) is 0 Å². The molecular weight excluding hydrogens is 326 g/mol. The number of halogens is 1. The average Bonchev–Trinajstić information content (AvgIpc) is 2.48. The third-order valence-electron chi connectivity index (χ3n) is 5.49. The first-order valence-corrected chi connectivity index (χ1v) is 9.10. The minimum atomic E-state index is 0.168. The Morgan fingerprint density at radius 3 is 2.38 bits per heavy atom. The molecule has 0 amide bonds. The number of hydrogen-bond acceptors (Lipinski definition) is 2. The predicted octanol–water partition coefficient (Wildman–Crippen LogP) is 4.23. The van der Waals surface area contributed by atoms with Gasteiger partial charge in [-0.05, 0) is 49.3 Å². The van der Waals surface area contributed by atoms with Crippen LogP contribution >= 0.6 is 15.9 Å². The Hall–Kier alpha value is -0.380. The highest BCUT2D eigenvalue weighted by molar-refractivity contribution is 9.10. The van der Waals surface area contributed by atoms with Crippen LogP contribution in [-0.4, -0.2) is 24.3 Å². The van der Waals surface area contributed by atoms with Gasteiger partial charge in [-0.25, -0.2) is 0 Å². The normalized spacial score (nSPS) is 28.1. The van der Waals surface area contributed by atoms with Gasteiger partial charge in [-0.1, -0.05) is 47.3 Å². The van der Waals surface area contributed by atoms with Crippen molar-refractivity contribution >= 4 is 15.9 Å². The molecule has 0 aliphatic heterocycles. The Morgan fingerprint density at radius 2 is 1.76 bits per heavy atom. The van der Waals surface area contributed by atoms with Crippen molar-refractivity contribution in [3.8, 4) is 0 Å². The van der Waals surface area contributed by atoms with E-state index >= 15 is 0 Å². The fourth-order valence-electron chi connectivity index (χ4n) is 3.85. The Kier molecular flexibility index (Phi) is 5.03. The van der Waals surface area contributed by atoms with Crippen molar-refractivity contribution in [2.24, 2.45) is 5.41 Å². The molecule has 116 valence electrons. The SMILES string of the molecule is OCC1(CNC2CC(c3ccc(Br)cc3)C2)CCCCC1. The molecule has 1 aromatic carbocycles. The minimum absolute atomic E-state index is 0.168. The average molecular weight is 352 g/mol. The van der Waals surface area contributed by atoms with E-state index in [-0.39, 0.29) is 5.41 Å². The van der Waals surface area contributed by atoms with E-state index < -0.39 is 0 Å². The quantitative estimate of drug-likeness (QED) is 0.831. The smallest absolute Gasteiger partial charge is 0.0499 e. The monoisotopic (exact) mass is 351 g/mol. The van der Waals surface area contributed by atoms with Gasteiger partial charge in [0.15, 0.2) is 0 Å². The highest BCUT2D eigenvalue weighted by atomic mass is 79.9. The highest BCUT2D eigenvalue weighted by Gasteiger charge is 2.35. The number of aliphatic hydroxyl groups excluding tert-OH is 1. The molecule has 1 aromatic rings. The van der Waals surface area contributed by atoms with Crippen molar-refractivity contribution in [1.82, 2.24) is 5.32 Å². The molecule has 0 bridgehead atoms. The molecule has 0 radical (unpaired) electrons. The Balaban J connectivity index is 1.45. The fourth-order valence-corrected chi connectivity index (χ4v) is 4.11. The van der Waals surface area contributed by atoms with Crippen molar-refractivity contribution in [2.75, 3.05) is 13.2 Å². The van der Waals surface area contributed by atoms with Crippen molar-refractivity contribution in [1.29, 1.82) is 0 Å². The van der Waals surface area contributed by atoms with Crippen molar-refractivity contribution in [3.63, 3.8) is 0 Å². The first-order valence-electron chi connectivity index (χ1n) is 8.30. The largest absolute Gasteiger partial charge is 0.396 e. The summed E-state index contributed by atoms with van der Waals surface area (Å²) < 4.78 is 1.16. The lowest BCUT2D eigenvalue weighted by molar-refractivity contribution is 0.0732. The van der Waals surface area contributed by atoms with Gasteiger partial charge in [0.1, 0.15) is 0 Å². The van der Waals surface area contributed by atoms with Crippen LogP contribution in [0.25, 0.3) is 0 Å². The van der Waals surface area contributed by atoms with Crippen LogP contribution in [0.5, 0.6) is 0 Å². The van der Waals surface area contributed by atoms with Gasteiger partial charge in [0.25, 0.3) is 0 Å². The van der Waals surface area contributed by atoms with Gasteiger partial charge in [0, 0.05) is 29.1 Å². The molecule has 2 saturated carbocycles. The molecule has 0 saturated heterocycles. The molecule has 3 rings (SSSR count). The molecule has 2 fully saturated rings. The lowest BCUT2D eigenvalue weighted by Crippen LogP contribution is -2.47. The van der Waals surface area contributed by atoms with Crippen LogP contribution in [0.15, 0.2) is 28.7 Å². The first kappa shape index (κ1) is 15.5. The molecule has 0 heterocycles. The molecule has 0 unspecified atom stereocenters. The summed E-state index contributed by atoms with van der Waals surface area (Å²) >= 11 is 3.49. The summed E-state index contributed by atoms with van der Waals surface area (Å²) in [5.74, 6) is 0.715. The zero-order chi connectivity index (χ0) is 14.7. The lowest BCUT2D eigenvalue weighted by Gasteiger charge is -2.41. The molecule has 21 heavy (non-hydrogen) atoms. The molecule has 2 N–H and O–H groups in total. The molecular formula is C18H26BrNO. The van der Waals surface area contributed by atoms with Crippen LogP contribution in [-0.2, 0) is 0 Å².